The highest BCUT2D eigenvalue weighted by Crippen LogP contribution is 2.20. The van der Waals surface area contributed by atoms with Crippen molar-refractivity contribution in [3.8, 4) is 0 Å². The van der Waals surface area contributed by atoms with Crippen molar-refractivity contribution in [2.24, 2.45) is 0 Å². The maximum absolute atomic E-state index is 12.5. The Hall–Kier alpha value is -2.11. The number of likely N-dealkylation sites (N-methyl/N-ethyl adjacent to an activating group) is 2. The molecule has 0 saturated carbocycles. The van der Waals surface area contributed by atoms with Gasteiger partial charge in [-0.15, -0.1) is 0 Å². The number of hydrogen-bond acceptors (Lipinski definition) is 4. The van der Waals surface area contributed by atoms with Crippen LogP contribution in [-0.4, -0.2) is 48.4 Å². The molecule has 1 aromatic carbocycles. The van der Waals surface area contributed by atoms with Gasteiger partial charge < -0.3 is 9.73 Å². The second-order valence-corrected chi connectivity index (χ2v) is 6.85. The van der Waals surface area contributed by atoms with Crippen LogP contribution in [0.5, 0.6) is 0 Å². The van der Waals surface area contributed by atoms with Crippen molar-refractivity contribution in [3.05, 3.63) is 59.5 Å². The van der Waals surface area contributed by atoms with Crippen LogP contribution in [0.15, 0.2) is 47.1 Å². The van der Waals surface area contributed by atoms with Gasteiger partial charge in [0.05, 0.1) is 18.8 Å². The number of aryl methyl sites for hydroxylation is 1. The van der Waals surface area contributed by atoms with Crippen molar-refractivity contribution in [3.63, 3.8) is 0 Å². The zero-order valence-corrected chi connectivity index (χ0v) is 17.1. The lowest BCUT2D eigenvalue weighted by Crippen LogP contribution is -2.42. The van der Waals surface area contributed by atoms with E-state index >= 15 is 0 Å². The number of amides is 1. The molecule has 0 saturated heterocycles. The zero-order valence-electron chi connectivity index (χ0n) is 17.1. The topological polar surface area (TPSA) is 48.7 Å². The summed E-state index contributed by atoms with van der Waals surface area (Å²) in [6.07, 6.45) is 1.69. The van der Waals surface area contributed by atoms with Gasteiger partial charge in [-0.25, -0.2) is 0 Å². The van der Waals surface area contributed by atoms with Gasteiger partial charge in [0.1, 0.15) is 5.76 Å². The molecule has 0 fully saturated rings. The molecule has 1 unspecified atom stereocenters. The van der Waals surface area contributed by atoms with E-state index in [0.29, 0.717) is 13.1 Å². The van der Waals surface area contributed by atoms with E-state index in [4.69, 9.17) is 4.42 Å². The number of hydrogen-bond donors (Lipinski definition) is 1. The highest BCUT2D eigenvalue weighted by Gasteiger charge is 2.21. The zero-order chi connectivity index (χ0) is 19.6. The van der Waals surface area contributed by atoms with Gasteiger partial charge in [-0.3, -0.25) is 14.6 Å². The molecular formula is C22H33N3O2. The summed E-state index contributed by atoms with van der Waals surface area (Å²) in [6.45, 7) is 12.8. The van der Waals surface area contributed by atoms with Gasteiger partial charge in [-0.05, 0) is 44.3 Å². The third-order valence-electron chi connectivity index (χ3n) is 4.92. The fourth-order valence-electron chi connectivity index (χ4n) is 3.37. The summed E-state index contributed by atoms with van der Waals surface area (Å²) < 4.78 is 5.60. The van der Waals surface area contributed by atoms with Crippen molar-refractivity contribution in [1.29, 1.82) is 0 Å². The lowest BCUT2D eigenvalue weighted by atomic mass is 10.1. The molecular weight excluding hydrogens is 338 g/mol. The SMILES string of the molecule is CCN(CC(=O)NCC(c1ccco1)N(CC)CC)Cc1cccc(C)c1. The number of nitrogens with zero attached hydrogens (tertiary/aromatic N) is 2. The maximum Gasteiger partial charge on any atom is 0.234 e. The Bertz CT molecular complexity index is 681. The van der Waals surface area contributed by atoms with Crippen molar-refractivity contribution in [2.45, 2.75) is 40.3 Å². The Kier molecular flexibility index (Phi) is 8.55. The molecule has 1 amide bonds. The van der Waals surface area contributed by atoms with Crippen LogP contribution in [0, 0.1) is 6.92 Å². The summed E-state index contributed by atoms with van der Waals surface area (Å²) in [5.41, 5.74) is 2.48. The van der Waals surface area contributed by atoms with E-state index in [9.17, 15) is 4.79 Å². The molecule has 0 aliphatic carbocycles. The Morgan fingerprint density at radius 1 is 1.11 bits per heavy atom. The highest BCUT2D eigenvalue weighted by atomic mass is 16.3. The van der Waals surface area contributed by atoms with E-state index in [1.807, 2.05) is 12.1 Å². The molecule has 5 heteroatoms. The first-order valence-corrected chi connectivity index (χ1v) is 9.89. The van der Waals surface area contributed by atoms with E-state index < -0.39 is 0 Å². The van der Waals surface area contributed by atoms with Gasteiger partial charge in [0.25, 0.3) is 0 Å². The molecule has 27 heavy (non-hydrogen) atoms. The summed E-state index contributed by atoms with van der Waals surface area (Å²) in [4.78, 5) is 17.0. The largest absolute Gasteiger partial charge is 0.468 e. The molecule has 0 bridgehead atoms. The van der Waals surface area contributed by atoms with Crippen molar-refractivity contribution in [1.82, 2.24) is 15.1 Å². The highest BCUT2D eigenvalue weighted by molar-refractivity contribution is 5.78. The number of carbonyl (C=O) groups is 1. The van der Waals surface area contributed by atoms with Gasteiger partial charge in [-0.1, -0.05) is 50.6 Å². The summed E-state index contributed by atoms with van der Waals surface area (Å²) in [5, 5.41) is 3.10. The lowest BCUT2D eigenvalue weighted by Gasteiger charge is -2.28. The number of carbonyl (C=O) groups excluding carboxylic acids is 1. The Labute approximate surface area is 163 Å². The van der Waals surface area contributed by atoms with Crippen LogP contribution < -0.4 is 5.32 Å². The van der Waals surface area contributed by atoms with Crippen LogP contribution in [0.25, 0.3) is 0 Å². The molecule has 0 aliphatic rings. The van der Waals surface area contributed by atoms with E-state index in [1.54, 1.807) is 6.26 Å². The molecule has 0 aliphatic heterocycles. The summed E-state index contributed by atoms with van der Waals surface area (Å²) in [5.74, 6) is 0.944. The van der Waals surface area contributed by atoms with Crippen LogP contribution in [0.3, 0.4) is 0 Å². The number of furan rings is 1. The Morgan fingerprint density at radius 3 is 2.48 bits per heavy atom. The third-order valence-corrected chi connectivity index (χ3v) is 4.92. The predicted molar refractivity (Wildman–Crippen MR) is 110 cm³/mol. The van der Waals surface area contributed by atoms with Crippen molar-refractivity contribution in [2.75, 3.05) is 32.7 Å². The number of benzene rings is 1. The van der Waals surface area contributed by atoms with Gasteiger partial charge >= 0.3 is 0 Å². The van der Waals surface area contributed by atoms with E-state index in [2.05, 4.69) is 67.1 Å². The molecule has 0 radical (unpaired) electrons. The predicted octanol–water partition coefficient (Wildman–Crippen LogP) is 3.61. The molecule has 148 valence electrons. The van der Waals surface area contributed by atoms with E-state index in [-0.39, 0.29) is 11.9 Å². The average molecular weight is 372 g/mol. The molecule has 2 aromatic rings. The molecule has 1 aromatic heterocycles. The Balaban J connectivity index is 1.92. The minimum atomic E-state index is 0.0493. The average Bonchev–Trinajstić information content (AvgIpc) is 3.19. The number of rotatable bonds is 11. The first-order chi connectivity index (χ1) is 13.1. The first kappa shape index (κ1) is 21.2. The summed E-state index contributed by atoms with van der Waals surface area (Å²) in [6, 6.07) is 12.4. The summed E-state index contributed by atoms with van der Waals surface area (Å²) in [7, 11) is 0. The standard InChI is InChI=1S/C22H33N3O2/c1-5-24(16-19-11-8-10-18(4)14-19)17-22(26)23-15-20(25(6-2)7-3)21-12-9-13-27-21/h8-14,20H,5-7,15-17H2,1-4H3,(H,23,26). The van der Waals surface area contributed by atoms with Crippen LogP contribution in [0.4, 0.5) is 0 Å². The second-order valence-electron chi connectivity index (χ2n) is 6.85. The van der Waals surface area contributed by atoms with Gasteiger partial charge in [-0.2, -0.15) is 0 Å². The molecule has 5 nitrogen and oxygen atoms in total. The monoisotopic (exact) mass is 371 g/mol. The van der Waals surface area contributed by atoms with Gasteiger partial charge in [0, 0.05) is 13.1 Å². The molecule has 1 atom stereocenters. The van der Waals surface area contributed by atoms with Crippen LogP contribution in [0.1, 0.15) is 43.7 Å². The van der Waals surface area contributed by atoms with Gasteiger partial charge in [0.15, 0.2) is 0 Å². The van der Waals surface area contributed by atoms with Crippen molar-refractivity contribution < 1.29 is 9.21 Å². The quantitative estimate of drug-likeness (QED) is 0.656. The molecule has 1 N–H and O–H groups in total. The molecule has 2 rings (SSSR count). The van der Waals surface area contributed by atoms with Crippen molar-refractivity contribution >= 4 is 5.91 Å². The second kappa shape index (κ2) is 10.9. The normalized spacial score (nSPS) is 12.5. The van der Waals surface area contributed by atoms with Crippen LogP contribution in [-0.2, 0) is 11.3 Å². The van der Waals surface area contributed by atoms with Crippen LogP contribution >= 0.6 is 0 Å². The summed E-state index contributed by atoms with van der Waals surface area (Å²) >= 11 is 0. The van der Waals surface area contributed by atoms with E-state index in [1.165, 1.54) is 11.1 Å². The van der Waals surface area contributed by atoms with Gasteiger partial charge in [0.2, 0.25) is 5.91 Å². The molecule has 1 heterocycles. The minimum Gasteiger partial charge on any atom is -0.468 e. The number of nitrogens with one attached hydrogen (secondary N) is 1. The fraction of sp³-hybridized carbons (Fsp3) is 0.500. The lowest BCUT2D eigenvalue weighted by molar-refractivity contribution is -0.122. The van der Waals surface area contributed by atoms with E-state index in [0.717, 1.165) is 31.9 Å². The Morgan fingerprint density at radius 2 is 1.89 bits per heavy atom. The first-order valence-electron chi connectivity index (χ1n) is 9.89. The minimum absolute atomic E-state index is 0.0493. The maximum atomic E-state index is 12.5. The molecule has 0 spiro atoms. The van der Waals surface area contributed by atoms with Crippen LogP contribution in [0.2, 0.25) is 0 Å². The smallest absolute Gasteiger partial charge is 0.234 e. The fourth-order valence-corrected chi connectivity index (χ4v) is 3.37. The third kappa shape index (κ3) is 6.52.